The first-order valence-corrected chi connectivity index (χ1v) is 7.55. The number of hydrogen-bond acceptors (Lipinski definition) is 3. The summed E-state index contributed by atoms with van der Waals surface area (Å²) >= 11 is 0. The fourth-order valence-corrected chi connectivity index (χ4v) is 2.59. The molecule has 5 heteroatoms. The van der Waals surface area contributed by atoms with Gasteiger partial charge in [0.2, 0.25) is 0 Å². The van der Waals surface area contributed by atoms with E-state index in [1.54, 1.807) is 18.5 Å². The number of carbonyl (C=O) groups excluding carboxylic acids is 1. The van der Waals surface area contributed by atoms with Crippen molar-refractivity contribution in [2.45, 2.75) is 38.7 Å². The molecule has 0 radical (unpaired) electrons. The summed E-state index contributed by atoms with van der Waals surface area (Å²) < 4.78 is 18.7. The van der Waals surface area contributed by atoms with E-state index < -0.39 is 11.7 Å². The number of nitrogens with zero attached hydrogens (tertiary/aromatic N) is 1. The summed E-state index contributed by atoms with van der Waals surface area (Å²) in [6.45, 7) is 3.65. The van der Waals surface area contributed by atoms with Crippen molar-refractivity contribution >= 4 is 6.09 Å². The Bertz CT molecular complexity index is 672. The minimum absolute atomic E-state index is 0.266. The molecule has 0 spiro atoms. The molecule has 0 bridgehead atoms. The van der Waals surface area contributed by atoms with E-state index in [0.29, 0.717) is 6.42 Å². The van der Waals surface area contributed by atoms with E-state index in [1.807, 2.05) is 26.0 Å². The topological polar surface area (TPSA) is 65.2 Å². The largest absolute Gasteiger partial charge is 0.444 e. The number of nitrogens with two attached hydrogens (primary N) is 1. The van der Waals surface area contributed by atoms with Gasteiger partial charge in [0.25, 0.3) is 0 Å². The van der Waals surface area contributed by atoms with E-state index in [0.717, 1.165) is 29.5 Å². The molecule has 1 aromatic carbocycles. The third-order valence-corrected chi connectivity index (χ3v) is 3.67. The molecule has 2 rings (SSSR count). The third-order valence-electron chi connectivity index (χ3n) is 3.67. The third kappa shape index (κ3) is 5.06. The van der Waals surface area contributed by atoms with E-state index in [9.17, 15) is 9.18 Å². The molecule has 2 N–H and O–H groups in total. The van der Waals surface area contributed by atoms with Crippen LogP contribution >= 0.6 is 0 Å². The van der Waals surface area contributed by atoms with Gasteiger partial charge in [-0.05, 0) is 74.1 Å². The van der Waals surface area contributed by atoms with E-state index in [1.165, 1.54) is 12.1 Å². The van der Waals surface area contributed by atoms with Crippen LogP contribution in [0.1, 0.15) is 32.3 Å². The zero-order chi connectivity index (χ0) is 16.9. The molecule has 0 saturated carbocycles. The van der Waals surface area contributed by atoms with Crippen molar-refractivity contribution in [1.82, 2.24) is 4.98 Å². The first kappa shape index (κ1) is 16.9. The van der Waals surface area contributed by atoms with E-state index in [4.69, 9.17) is 10.5 Å². The van der Waals surface area contributed by atoms with Gasteiger partial charge in [0.05, 0.1) is 0 Å². The van der Waals surface area contributed by atoms with Crippen LogP contribution in [0.5, 0.6) is 0 Å². The Hall–Kier alpha value is -2.43. The lowest BCUT2D eigenvalue weighted by atomic mass is 9.94. The second-order valence-corrected chi connectivity index (χ2v) is 6.07. The lowest BCUT2D eigenvalue weighted by Crippen LogP contribution is -2.31. The maximum Gasteiger partial charge on any atom is 0.405 e. The predicted octanol–water partition coefficient (Wildman–Crippen LogP) is 4.08. The number of aromatic nitrogens is 1. The average Bonchev–Trinajstić information content (AvgIpc) is 2.48. The van der Waals surface area contributed by atoms with Crippen molar-refractivity contribution in [2.75, 3.05) is 0 Å². The van der Waals surface area contributed by atoms with Gasteiger partial charge in [-0.1, -0.05) is 6.07 Å². The van der Waals surface area contributed by atoms with Crippen molar-refractivity contribution in [3.8, 4) is 11.1 Å². The molecule has 122 valence electrons. The highest BCUT2D eigenvalue weighted by molar-refractivity contribution is 5.67. The Morgan fingerprint density at radius 1 is 1.26 bits per heavy atom. The van der Waals surface area contributed by atoms with Gasteiger partial charge < -0.3 is 10.5 Å². The van der Waals surface area contributed by atoms with Gasteiger partial charge in [-0.2, -0.15) is 0 Å². The van der Waals surface area contributed by atoms with Crippen LogP contribution < -0.4 is 5.73 Å². The lowest BCUT2D eigenvalue weighted by molar-refractivity contribution is 0.0378. The summed E-state index contributed by atoms with van der Waals surface area (Å²) in [5.41, 5.74) is 7.30. The quantitative estimate of drug-likeness (QED) is 0.873. The normalized spacial score (nSPS) is 11.3. The number of ether oxygens (including phenoxy) is 1. The Labute approximate surface area is 135 Å². The monoisotopic (exact) mass is 316 g/mol. The number of aryl methyl sites for hydroxylation is 1. The van der Waals surface area contributed by atoms with Crippen LogP contribution in [-0.2, 0) is 11.2 Å². The minimum atomic E-state index is -0.769. The van der Waals surface area contributed by atoms with Gasteiger partial charge in [0, 0.05) is 12.4 Å². The van der Waals surface area contributed by atoms with Crippen LogP contribution in [0.2, 0.25) is 0 Å². The first-order valence-electron chi connectivity index (χ1n) is 7.55. The predicted molar refractivity (Wildman–Crippen MR) is 87.3 cm³/mol. The van der Waals surface area contributed by atoms with Gasteiger partial charge in [-0.3, -0.25) is 4.98 Å². The molecule has 0 saturated heterocycles. The fraction of sp³-hybridized carbons (Fsp3) is 0.333. The summed E-state index contributed by atoms with van der Waals surface area (Å²) in [6.07, 6.45) is 4.83. The second-order valence-electron chi connectivity index (χ2n) is 6.07. The van der Waals surface area contributed by atoms with Gasteiger partial charge >= 0.3 is 6.09 Å². The number of rotatable bonds is 6. The van der Waals surface area contributed by atoms with Crippen LogP contribution in [-0.4, -0.2) is 16.7 Å². The molecule has 1 heterocycles. The molecule has 1 amide bonds. The zero-order valence-electron chi connectivity index (χ0n) is 13.4. The minimum Gasteiger partial charge on any atom is -0.444 e. The molecule has 0 atom stereocenters. The number of pyridine rings is 1. The Kier molecular flexibility index (Phi) is 5.32. The van der Waals surface area contributed by atoms with E-state index in [-0.39, 0.29) is 5.82 Å². The molecular formula is C18H21FN2O2. The molecule has 1 aromatic heterocycles. The van der Waals surface area contributed by atoms with Crippen molar-refractivity contribution in [2.24, 2.45) is 5.73 Å². The van der Waals surface area contributed by atoms with Crippen molar-refractivity contribution < 1.29 is 13.9 Å². The second kappa shape index (κ2) is 7.22. The zero-order valence-corrected chi connectivity index (χ0v) is 13.4. The SMILES string of the molecule is CC(C)(CCCc1ccc(F)cc1-c1ccncc1)OC(N)=O. The number of carbonyl (C=O) groups is 1. The van der Waals surface area contributed by atoms with Gasteiger partial charge in [-0.15, -0.1) is 0 Å². The van der Waals surface area contributed by atoms with E-state index >= 15 is 0 Å². The maximum absolute atomic E-state index is 13.6. The standard InChI is InChI=1S/C18H21FN2O2/c1-18(2,23-17(20)22)9-3-4-13-5-6-15(19)12-16(13)14-7-10-21-11-8-14/h5-8,10-12H,3-4,9H2,1-2H3,(H2,20,22). The smallest absolute Gasteiger partial charge is 0.405 e. The summed E-state index contributed by atoms with van der Waals surface area (Å²) in [7, 11) is 0. The molecule has 0 aliphatic heterocycles. The molecular weight excluding hydrogens is 295 g/mol. The van der Waals surface area contributed by atoms with Crippen molar-refractivity contribution in [1.29, 1.82) is 0 Å². The molecule has 2 aromatic rings. The first-order chi connectivity index (χ1) is 10.9. The summed E-state index contributed by atoms with van der Waals surface area (Å²) in [4.78, 5) is 14.9. The highest BCUT2D eigenvalue weighted by Crippen LogP contribution is 2.27. The highest BCUT2D eigenvalue weighted by atomic mass is 19.1. The number of halogens is 1. The number of amides is 1. The van der Waals surface area contributed by atoms with Crippen molar-refractivity contribution in [3.63, 3.8) is 0 Å². The van der Waals surface area contributed by atoms with Gasteiger partial charge in [0.15, 0.2) is 0 Å². The summed E-state index contributed by atoms with van der Waals surface area (Å²) in [5.74, 6) is -0.266. The average molecular weight is 316 g/mol. The van der Waals surface area contributed by atoms with E-state index in [2.05, 4.69) is 4.98 Å². The highest BCUT2D eigenvalue weighted by Gasteiger charge is 2.21. The molecule has 0 aliphatic carbocycles. The lowest BCUT2D eigenvalue weighted by Gasteiger charge is -2.24. The van der Waals surface area contributed by atoms with Crippen LogP contribution in [0.15, 0.2) is 42.7 Å². The van der Waals surface area contributed by atoms with Crippen LogP contribution in [0.3, 0.4) is 0 Å². The Morgan fingerprint density at radius 2 is 1.96 bits per heavy atom. The maximum atomic E-state index is 13.6. The Morgan fingerprint density at radius 3 is 2.61 bits per heavy atom. The molecule has 23 heavy (non-hydrogen) atoms. The fourth-order valence-electron chi connectivity index (χ4n) is 2.59. The number of hydrogen-bond donors (Lipinski definition) is 1. The molecule has 0 fully saturated rings. The van der Waals surface area contributed by atoms with Crippen LogP contribution in [0.4, 0.5) is 9.18 Å². The molecule has 0 unspecified atom stereocenters. The number of primary amides is 1. The molecule has 4 nitrogen and oxygen atoms in total. The van der Waals surface area contributed by atoms with Gasteiger partial charge in [-0.25, -0.2) is 9.18 Å². The molecule has 0 aliphatic rings. The van der Waals surface area contributed by atoms with Gasteiger partial charge in [0.1, 0.15) is 11.4 Å². The Balaban J connectivity index is 2.10. The summed E-state index contributed by atoms with van der Waals surface area (Å²) in [5, 5.41) is 0. The number of benzene rings is 1. The summed E-state index contributed by atoms with van der Waals surface area (Å²) in [6, 6.07) is 8.52. The van der Waals surface area contributed by atoms with Crippen molar-refractivity contribution in [3.05, 3.63) is 54.1 Å². The van der Waals surface area contributed by atoms with Crippen LogP contribution in [0, 0.1) is 5.82 Å². The van der Waals surface area contributed by atoms with Crippen LogP contribution in [0.25, 0.3) is 11.1 Å².